The van der Waals surface area contributed by atoms with E-state index in [1.165, 1.54) is 0 Å². The largest absolute Gasteiger partial charge is 0.493 e. The fraction of sp³-hybridized carbons (Fsp3) is 0.735. The Balaban J connectivity index is 2.29. The third kappa shape index (κ3) is 11.6. The number of nitrogens with zero attached hydrogens (tertiary/aromatic N) is 1. The van der Waals surface area contributed by atoms with Gasteiger partial charge >= 0.3 is 6.09 Å². The van der Waals surface area contributed by atoms with Crippen LogP contribution in [0.1, 0.15) is 79.2 Å². The molecule has 1 fully saturated rings. The first-order valence-corrected chi connectivity index (χ1v) is 16.5. The maximum atomic E-state index is 13.5. The predicted octanol–water partition coefficient (Wildman–Crippen LogP) is 6.20. The summed E-state index contributed by atoms with van der Waals surface area (Å²) in [5, 5.41) is 0. The van der Waals surface area contributed by atoms with Gasteiger partial charge < -0.3 is 29.4 Å². The number of carbonyl (C=O) groups is 3. The number of amides is 2. The van der Waals surface area contributed by atoms with Gasteiger partial charge in [0, 0.05) is 37.9 Å². The first-order chi connectivity index (χ1) is 21.2. The lowest BCUT2D eigenvalue weighted by atomic mass is 9.78. The van der Waals surface area contributed by atoms with Gasteiger partial charge in [-0.3, -0.25) is 14.5 Å². The molecular formula is C34H55ClN2O8. The van der Waals surface area contributed by atoms with Crippen LogP contribution in [0.4, 0.5) is 4.79 Å². The van der Waals surface area contributed by atoms with E-state index in [0.29, 0.717) is 44.0 Å². The third-order valence-corrected chi connectivity index (χ3v) is 9.11. The van der Waals surface area contributed by atoms with Crippen molar-refractivity contribution in [2.45, 2.75) is 92.2 Å². The van der Waals surface area contributed by atoms with Gasteiger partial charge in [0.2, 0.25) is 5.91 Å². The van der Waals surface area contributed by atoms with Crippen molar-refractivity contribution in [3.05, 3.63) is 23.8 Å². The molecule has 1 saturated heterocycles. The summed E-state index contributed by atoms with van der Waals surface area (Å²) in [5.41, 5.74) is 5.87. The van der Waals surface area contributed by atoms with Crippen LogP contribution in [0.5, 0.6) is 11.5 Å². The minimum atomic E-state index is -0.771. The Hall–Kier alpha value is -2.56. The number of primary amides is 1. The molecule has 0 bridgehead atoms. The van der Waals surface area contributed by atoms with Gasteiger partial charge in [-0.2, -0.15) is 0 Å². The molecule has 0 saturated carbocycles. The highest BCUT2D eigenvalue weighted by Gasteiger charge is 2.43. The topological polar surface area (TPSA) is 127 Å². The van der Waals surface area contributed by atoms with E-state index < -0.39 is 17.4 Å². The minimum absolute atomic E-state index is 0.0461. The third-order valence-electron chi connectivity index (χ3n) is 9.00. The number of benzene rings is 1. The van der Waals surface area contributed by atoms with Gasteiger partial charge in [0.15, 0.2) is 17.6 Å². The standard InChI is InChI=1S/C34H55ClN2O8/c1-22(2)25(16-24-10-11-29(42-8)31(17-24)43-15-9-14-41-7)18-27-30(45-21-37(27)33(40)44-20-35)19-26(23(3)4)28(38)12-13-34(5,6)32(36)39/h10-11,17,22-23,25-27,30H,9,12-16,18-21H2,1-8H3,(H2,36,39)/t25-,26-,27-,30-/m0/s1. The number of halogens is 1. The van der Waals surface area contributed by atoms with Crippen molar-refractivity contribution < 1.29 is 38.1 Å². The van der Waals surface area contributed by atoms with E-state index >= 15 is 0 Å². The van der Waals surface area contributed by atoms with E-state index in [0.717, 1.165) is 18.4 Å². The van der Waals surface area contributed by atoms with Crippen molar-refractivity contribution >= 4 is 29.4 Å². The van der Waals surface area contributed by atoms with Crippen molar-refractivity contribution in [3.63, 3.8) is 0 Å². The number of alkyl halides is 1. The second-order valence-electron chi connectivity index (χ2n) is 13.3. The highest BCUT2D eigenvalue weighted by Crippen LogP contribution is 2.36. The number of ether oxygens (including phenoxy) is 5. The fourth-order valence-electron chi connectivity index (χ4n) is 5.73. The van der Waals surface area contributed by atoms with Crippen molar-refractivity contribution in [2.75, 3.05) is 40.2 Å². The summed E-state index contributed by atoms with van der Waals surface area (Å²) >= 11 is 5.76. The Morgan fingerprint density at radius 2 is 1.78 bits per heavy atom. The summed E-state index contributed by atoms with van der Waals surface area (Å²) in [6.07, 6.45) is 2.32. The fourth-order valence-corrected chi connectivity index (χ4v) is 5.82. The molecule has 1 aromatic rings. The van der Waals surface area contributed by atoms with Crippen LogP contribution >= 0.6 is 11.6 Å². The molecule has 1 heterocycles. The molecule has 11 heteroatoms. The number of nitrogens with two attached hydrogens (primary N) is 1. The molecule has 45 heavy (non-hydrogen) atoms. The van der Waals surface area contributed by atoms with Crippen LogP contribution in [0.2, 0.25) is 0 Å². The number of rotatable bonds is 20. The van der Waals surface area contributed by atoms with Crippen LogP contribution in [0, 0.1) is 29.1 Å². The molecule has 0 radical (unpaired) electrons. The maximum Gasteiger partial charge on any atom is 0.413 e. The quantitative estimate of drug-likeness (QED) is 0.130. The maximum absolute atomic E-state index is 13.5. The zero-order valence-corrected chi connectivity index (χ0v) is 29.2. The summed E-state index contributed by atoms with van der Waals surface area (Å²) in [6, 6.07) is 5.40. The number of hydrogen-bond donors (Lipinski definition) is 1. The molecule has 0 unspecified atom stereocenters. The van der Waals surface area contributed by atoms with E-state index in [-0.39, 0.29) is 60.8 Å². The molecule has 4 atom stereocenters. The highest BCUT2D eigenvalue weighted by atomic mass is 35.5. The molecule has 1 aliphatic rings. The highest BCUT2D eigenvalue weighted by molar-refractivity contribution is 6.17. The Kier molecular flexibility index (Phi) is 15.9. The van der Waals surface area contributed by atoms with Crippen molar-refractivity contribution in [3.8, 4) is 11.5 Å². The van der Waals surface area contributed by atoms with E-state index in [1.807, 2.05) is 32.0 Å². The summed E-state index contributed by atoms with van der Waals surface area (Å²) in [7, 11) is 3.29. The smallest absolute Gasteiger partial charge is 0.413 e. The molecule has 0 spiro atoms. The zero-order chi connectivity index (χ0) is 33.7. The second-order valence-corrected chi connectivity index (χ2v) is 13.5. The molecule has 256 valence electrons. The second kappa shape index (κ2) is 18.6. The first kappa shape index (κ1) is 38.6. The molecule has 2 amide bonds. The van der Waals surface area contributed by atoms with Crippen molar-refractivity contribution in [2.24, 2.45) is 34.8 Å². The molecule has 2 N–H and O–H groups in total. The Morgan fingerprint density at radius 1 is 1.07 bits per heavy atom. The van der Waals surface area contributed by atoms with Crippen LogP contribution in [-0.2, 0) is 30.2 Å². The number of hydrogen-bond acceptors (Lipinski definition) is 8. The van der Waals surface area contributed by atoms with Crippen LogP contribution < -0.4 is 15.2 Å². The number of methoxy groups -OCH3 is 2. The van der Waals surface area contributed by atoms with Crippen LogP contribution in [-0.4, -0.2) is 75.1 Å². The molecule has 1 aliphatic heterocycles. The summed E-state index contributed by atoms with van der Waals surface area (Å²) in [6.45, 7) is 13.1. The molecule has 0 aromatic heterocycles. The average molecular weight is 655 g/mol. The average Bonchev–Trinajstić information content (AvgIpc) is 3.38. The monoisotopic (exact) mass is 654 g/mol. The number of ketones is 1. The van der Waals surface area contributed by atoms with Crippen LogP contribution in [0.3, 0.4) is 0 Å². The van der Waals surface area contributed by atoms with E-state index in [1.54, 1.807) is 33.0 Å². The van der Waals surface area contributed by atoms with Gasteiger partial charge in [-0.05, 0) is 61.1 Å². The van der Waals surface area contributed by atoms with Gasteiger partial charge in [-0.15, -0.1) is 0 Å². The van der Waals surface area contributed by atoms with Gasteiger partial charge in [-0.1, -0.05) is 59.2 Å². The summed E-state index contributed by atoms with van der Waals surface area (Å²) < 4.78 is 28.1. The Morgan fingerprint density at radius 3 is 2.36 bits per heavy atom. The van der Waals surface area contributed by atoms with Gasteiger partial charge in [0.1, 0.15) is 12.5 Å². The van der Waals surface area contributed by atoms with Crippen LogP contribution in [0.25, 0.3) is 0 Å². The van der Waals surface area contributed by atoms with Crippen molar-refractivity contribution in [1.29, 1.82) is 0 Å². The van der Waals surface area contributed by atoms with Gasteiger partial charge in [0.25, 0.3) is 0 Å². The SMILES string of the molecule is COCCCOc1cc(C[C@@H](C[C@H]2[C@H](C[C@H](C(=O)CCC(C)(C)C(N)=O)C(C)C)OCN2C(=O)OCCl)C(C)C)ccc1OC. The lowest BCUT2D eigenvalue weighted by molar-refractivity contribution is -0.128. The molecule has 10 nitrogen and oxygen atoms in total. The predicted molar refractivity (Wildman–Crippen MR) is 174 cm³/mol. The first-order valence-electron chi connectivity index (χ1n) is 16.0. The van der Waals surface area contributed by atoms with E-state index in [2.05, 4.69) is 13.8 Å². The molecular weight excluding hydrogens is 600 g/mol. The van der Waals surface area contributed by atoms with E-state index in [4.69, 9.17) is 41.0 Å². The zero-order valence-electron chi connectivity index (χ0n) is 28.4. The summed E-state index contributed by atoms with van der Waals surface area (Å²) in [5.74, 6) is 1.19. The Labute approximate surface area is 274 Å². The van der Waals surface area contributed by atoms with Crippen LogP contribution in [0.15, 0.2) is 18.2 Å². The summed E-state index contributed by atoms with van der Waals surface area (Å²) in [4.78, 5) is 39.9. The molecule has 1 aromatic carbocycles. The molecule has 2 rings (SSSR count). The van der Waals surface area contributed by atoms with E-state index in [9.17, 15) is 14.4 Å². The van der Waals surface area contributed by atoms with Gasteiger partial charge in [-0.25, -0.2) is 4.79 Å². The lowest BCUT2D eigenvalue weighted by Gasteiger charge is -2.32. The normalized spacial score (nSPS) is 18.2. The minimum Gasteiger partial charge on any atom is -0.493 e. The Bertz CT molecular complexity index is 1100. The van der Waals surface area contributed by atoms with Crippen molar-refractivity contribution in [1.82, 2.24) is 4.90 Å². The molecule has 0 aliphatic carbocycles. The number of carbonyl (C=O) groups excluding carboxylic acids is 3. The number of Topliss-reactive ketones (excluding diaryl/α,β-unsaturated/α-hetero) is 1. The van der Waals surface area contributed by atoms with Gasteiger partial charge in [0.05, 0.1) is 25.9 Å². The lowest BCUT2D eigenvalue weighted by Crippen LogP contribution is -2.43.